The second-order valence-corrected chi connectivity index (χ2v) is 4.66. The van der Waals surface area contributed by atoms with E-state index < -0.39 is 5.92 Å². The van der Waals surface area contributed by atoms with Gasteiger partial charge in [0.05, 0.1) is 12.5 Å². The highest BCUT2D eigenvalue weighted by molar-refractivity contribution is 6.02. The van der Waals surface area contributed by atoms with Crippen LogP contribution in [-0.2, 0) is 17.9 Å². The summed E-state index contributed by atoms with van der Waals surface area (Å²) in [7, 11) is 0. The Bertz CT molecular complexity index is 482. The zero-order valence-corrected chi connectivity index (χ0v) is 11.0. The van der Waals surface area contributed by atoms with Gasteiger partial charge in [0.2, 0.25) is 5.91 Å². The first kappa shape index (κ1) is 13.4. The Morgan fingerprint density at radius 3 is 3.11 bits per heavy atom. The fourth-order valence-electron chi connectivity index (χ4n) is 2.34. The number of hydrogen-bond acceptors (Lipinski definition) is 4. The van der Waals surface area contributed by atoms with E-state index in [0.717, 1.165) is 18.8 Å². The van der Waals surface area contributed by atoms with E-state index >= 15 is 0 Å². The molecule has 0 radical (unpaired) electrons. The number of rotatable bonds is 4. The minimum Gasteiger partial charge on any atom is -0.409 e. The number of hydrogen-bond donors (Lipinski definition) is 2. The van der Waals surface area contributed by atoms with E-state index in [1.807, 2.05) is 17.7 Å². The first-order valence-electron chi connectivity index (χ1n) is 6.43. The van der Waals surface area contributed by atoms with Crippen molar-refractivity contribution in [3.63, 3.8) is 0 Å². The van der Waals surface area contributed by atoms with Gasteiger partial charge in [0, 0.05) is 25.5 Å². The quantitative estimate of drug-likeness (QED) is 0.356. The van der Waals surface area contributed by atoms with Crippen LogP contribution in [0.15, 0.2) is 17.5 Å². The third-order valence-electron chi connectivity index (χ3n) is 3.40. The van der Waals surface area contributed by atoms with E-state index in [-0.39, 0.29) is 11.7 Å². The third kappa shape index (κ3) is 2.69. The topological polar surface area (TPSA) is 96.7 Å². The molecule has 0 saturated heterocycles. The highest BCUT2D eigenvalue weighted by Crippen LogP contribution is 2.16. The number of nitrogens with two attached hydrogens (primary N) is 1. The van der Waals surface area contributed by atoms with E-state index in [9.17, 15) is 4.79 Å². The lowest BCUT2D eigenvalue weighted by Crippen LogP contribution is -2.45. The maximum atomic E-state index is 12.4. The van der Waals surface area contributed by atoms with E-state index in [4.69, 9.17) is 10.9 Å². The van der Waals surface area contributed by atoms with Crippen molar-refractivity contribution in [2.45, 2.75) is 32.9 Å². The van der Waals surface area contributed by atoms with Gasteiger partial charge in [-0.25, -0.2) is 4.98 Å². The lowest BCUT2D eigenvalue weighted by atomic mass is 10.0. The zero-order valence-electron chi connectivity index (χ0n) is 11.0. The van der Waals surface area contributed by atoms with Crippen molar-refractivity contribution in [1.82, 2.24) is 14.5 Å². The molecule has 3 N–H and O–H groups in total. The first-order chi connectivity index (χ1) is 9.17. The van der Waals surface area contributed by atoms with Gasteiger partial charge >= 0.3 is 0 Å². The Hall–Kier alpha value is -2.05. The molecule has 1 aliphatic heterocycles. The number of carbonyl (C=O) groups excluding carboxylic acids is 1. The van der Waals surface area contributed by atoms with Crippen molar-refractivity contribution in [1.29, 1.82) is 0 Å². The summed E-state index contributed by atoms with van der Waals surface area (Å²) in [5.74, 6) is 0.220. The molecule has 0 bridgehead atoms. The Morgan fingerprint density at radius 1 is 1.63 bits per heavy atom. The zero-order chi connectivity index (χ0) is 13.8. The molecule has 2 rings (SSSR count). The lowest BCUT2D eigenvalue weighted by molar-refractivity contribution is -0.135. The van der Waals surface area contributed by atoms with Crippen LogP contribution in [-0.4, -0.2) is 37.9 Å². The van der Waals surface area contributed by atoms with Gasteiger partial charge in [-0.15, -0.1) is 0 Å². The smallest absolute Gasteiger partial charge is 0.233 e. The van der Waals surface area contributed by atoms with Gasteiger partial charge in [0.15, 0.2) is 5.84 Å². The van der Waals surface area contributed by atoms with Crippen LogP contribution in [0.3, 0.4) is 0 Å². The van der Waals surface area contributed by atoms with Crippen molar-refractivity contribution in [3.05, 3.63) is 18.2 Å². The van der Waals surface area contributed by atoms with Crippen LogP contribution in [0.2, 0.25) is 0 Å². The standard InChI is InChI=1S/C12H19N5O2/c1-2-3-9(11(13)15-19)12(18)17-7-6-16-5-4-14-10(16)8-17/h4-5,9,19H,2-3,6-8H2,1H3,(H2,13,15). The molecule has 19 heavy (non-hydrogen) atoms. The monoisotopic (exact) mass is 265 g/mol. The van der Waals surface area contributed by atoms with Crippen LogP contribution in [0, 0.1) is 5.92 Å². The predicted molar refractivity (Wildman–Crippen MR) is 69.5 cm³/mol. The van der Waals surface area contributed by atoms with Gasteiger partial charge in [-0.2, -0.15) is 0 Å². The minimum absolute atomic E-state index is 0.0132. The summed E-state index contributed by atoms with van der Waals surface area (Å²) >= 11 is 0. The van der Waals surface area contributed by atoms with Crippen molar-refractivity contribution in [2.24, 2.45) is 16.8 Å². The van der Waals surface area contributed by atoms with Gasteiger partial charge in [-0.3, -0.25) is 4.79 Å². The number of fused-ring (bicyclic) bond motifs is 1. The van der Waals surface area contributed by atoms with Gasteiger partial charge in [0.25, 0.3) is 0 Å². The number of aromatic nitrogens is 2. The molecule has 1 aromatic heterocycles. The molecule has 1 amide bonds. The number of carbonyl (C=O) groups is 1. The van der Waals surface area contributed by atoms with Gasteiger partial charge in [0.1, 0.15) is 5.82 Å². The van der Waals surface area contributed by atoms with Crippen LogP contribution < -0.4 is 5.73 Å². The number of nitrogens with zero attached hydrogens (tertiary/aromatic N) is 4. The SMILES string of the molecule is CCCC(C(=O)N1CCn2ccnc2C1)C(N)=NO. The summed E-state index contributed by atoms with van der Waals surface area (Å²) in [5, 5.41) is 11.8. The average Bonchev–Trinajstić information content (AvgIpc) is 2.90. The van der Waals surface area contributed by atoms with E-state index in [0.29, 0.717) is 19.5 Å². The fraction of sp³-hybridized carbons (Fsp3) is 0.583. The summed E-state index contributed by atoms with van der Waals surface area (Å²) < 4.78 is 2.03. The van der Waals surface area contributed by atoms with Gasteiger partial charge in [-0.1, -0.05) is 18.5 Å². The van der Waals surface area contributed by atoms with Gasteiger partial charge in [-0.05, 0) is 6.42 Å². The number of amidine groups is 1. The molecule has 1 atom stereocenters. The molecule has 0 fully saturated rings. The predicted octanol–water partition coefficient (Wildman–Crippen LogP) is 0.388. The van der Waals surface area contributed by atoms with Gasteiger partial charge < -0.3 is 20.4 Å². The Labute approximate surface area is 111 Å². The van der Waals surface area contributed by atoms with Crippen molar-refractivity contribution in [3.8, 4) is 0 Å². The highest BCUT2D eigenvalue weighted by atomic mass is 16.4. The van der Waals surface area contributed by atoms with E-state index in [2.05, 4.69) is 10.1 Å². The second-order valence-electron chi connectivity index (χ2n) is 4.66. The molecule has 0 spiro atoms. The largest absolute Gasteiger partial charge is 0.409 e. The number of amides is 1. The third-order valence-corrected chi connectivity index (χ3v) is 3.40. The van der Waals surface area contributed by atoms with Crippen molar-refractivity contribution in [2.75, 3.05) is 6.54 Å². The van der Waals surface area contributed by atoms with Crippen LogP contribution >= 0.6 is 0 Å². The normalized spacial score (nSPS) is 17.1. The maximum Gasteiger partial charge on any atom is 0.233 e. The highest BCUT2D eigenvalue weighted by Gasteiger charge is 2.29. The molecule has 1 aliphatic rings. The molecule has 7 nitrogen and oxygen atoms in total. The molecule has 0 saturated carbocycles. The molecular formula is C12H19N5O2. The van der Waals surface area contributed by atoms with Crippen molar-refractivity contribution < 1.29 is 10.0 Å². The molecule has 7 heteroatoms. The maximum absolute atomic E-state index is 12.4. The van der Waals surface area contributed by atoms with Crippen LogP contribution in [0.5, 0.6) is 0 Å². The summed E-state index contributed by atoms with van der Waals surface area (Å²) in [5.41, 5.74) is 5.62. The number of oxime groups is 1. The number of imidazole rings is 1. The summed E-state index contributed by atoms with van der Waals surface area (Å²) in [6.07, 6.45) is 5.02. The molecule has 1 aromatic rings. The van der Waals surface area contributed by atoms with E-state index in [1.54, 1.807) is 11.1 Å². The summed E-state index contributed by atoms with van der Waals surface area (Å²) in [6, 6.07) is 0. The molecular weight excluding hydrogens is 246 g/mol. The Kier molecular flexibility index (Phi) is 4.03. The molecule has 0 aromatic carbocycles. The summed E-state index contributed by atoms with van der Waals surface area (Å²) in [4.78, 5) is 18.4. The summed E-state index contributed by atoms with van der Waals surface area (Å²) in [6.45, 7) is 3.80. The molecule has 0 aliphatic carbocycles. The first-order valence-corrected chi connectivity index (χ1v) is 6.43. The average molecular weight is 265 g/mol. The Morgan fingerprint density at radius 2 is 2.42 bits per heavy atom. The fourth-order valence-corrected chi connectivity index (χ4v) is 2.34. The molecule has 104 valence electrons. The minimum atomic E-state index is -0.545. The Balaban J connectivity index is 2.11. The van der Waals surface area contributed by atoms with Crippen LogP contribution in [0.4, 0.5) is 0 Å². The van der Waals surface area contributed by atoms with Crippen LogP contribution in [0.1, 0.15) is 25.6 Å². The molecule has 1 unspecified atom stereocenters. The van der Waals surface area contributed by atoms with Crippen molar-refractivity contribution >= 4 is 11.7 Å². The second kappa shape index (κ2) is 5.73. The van der Waals surface area contributed by atoms with Crippen LogP contribution in [0.25, 0.3) is 0 Å². The molecule has 2 heterocycles. The lowest BCUT2D eigenvalue weighted by Gasteiger charge is -2.30. The van der Waals surface area contributed by atoms with E-state index in [1.165, 1.54) is 0 Å².